The first-order valence-corrected chi connectivity index (χ1v) is 5.41. The first-order chi connectivity index (χ1) is 6.56. The highest BCUT2D eigenvalue weighted by molar-refractivity contribution is 7.86. The van der Waals surface area contributed by atoms with Gasteiger partial charge < -0.3 is 9.17 Å². The maximum absolute atomic E-state index is 10.8. The van der Waals surface area contributed by atoms with Crippen LogP contribution in [0.25, 0.3) is 11.2 Å². The fourth-order valence-corrected chi connectivity index (χ4v) is 1.36. The molecule has 2 aromatic heterocycles. The minimum atomic E-state index is -3.58. The summed E-state index contributed by atoms with van der Waals surface area (Å²) in [5.74, 6) is -0.0463. The van der Waals surface area contributed by atoms with Crippen molar-refractivity contribution in [3.63, 3.8) is 0 Å². The summed E-state index contributed by atoms with van der Waals surface area (Å²) in [6, 6.07) is 0. The van der Waals surface area contributed by atoms with Crippen LogP contribution in [-0.2, 0) is 10.1 Å². The molecule has 0 aliphatic heterocycles. The highest BCUT2D eigenvalue weighted by Crippen LogP contribution is 2.17. The average molecular weight is 214 g/mol. The smallest absolute Gasteiger partial charge is 0.307 e. The fourth-order valence-electron chi connectivity index (χ4n) is 0.949. The Morgan fingerprint density at radius 2 is 2.14 bits per heavy atom. The second kappa shape index (κ2) is 2.91. The molecule has 0 aliphatic carbocycles. The maximum atomic E-state index is 10.8. The van der Waals surface area contributed by atoms with Crippen LogP contribution in [0.15, 0.2) is 12.7 Å². The minimum absolute atomic E-state index is 0.0463. The second-order valence-electron chi connectivity index (χ2n) is 2.57. The Labute approximate surface area is 79.3 Å². The molecular weight excluding hydrogens is 208 g/mol. The number of aromatic amines is 1. The molecule has 2 rings (SSSR count). The molecule has 0 saturated carbocycles. The van der Waals surface area contributed by atoms with Crippen LogP contribution in [0.3, 0.4) is 0 Å². The minimum Gasteiger partial charge on any atom is -0.359 e. The van der Waals surface area contributed by atoms with Gasteiger partial charge in [0.25, 0.3) is 5.88 Å². The molecule has 0 spiro atoms. The SMILES string of the molecule is CS(=O)(=O)Oc1ncnc2nc[nH]c12. The van der Waals surface area contributed by atoms with Crippen LogP contribution in [0, 0.1) is 0 Å². The third-order valence-corrected chi connectivity index (χ3v) is 1.88. The van der Waals surface area contributed by atoms with Crippen LogP contribution in [0.2, 0.25) is 0 Å². The van der Waals surface area contributed by atoms with Gasteiger partial charge in [-0.1, -0.05) is 0 Å². The largest absolute Gasteiger partial charge is 0.359 e. The second-order valence-corrected chi connectivity index (χ2v) is 4.14. The number of aromatic nitrogens is 4. The zero-order chi connectivity index (χ0) is 10.2. The van der Waals surface area contributed by atoms with E-state index in [1.54, 1.807) is 0 Å². The lowest BCUT2D eigenvalue weighted by Crippen LogP contribution is -2.07. The summed E-state index contributed by atoms with van der Waals surface area (Å²) < 4.78 is 26.3. The molecule has 0 bridgehead atoms. The first-order valence-electron chi connectivity index (χ1n) is 3.60. The topological polar surface area (TPSA) is 97.8 Å². The molecule has 2 heterocycles. The van der Waals surface area contributed by atoms with E-state index in [9.17, 15) is 8.42 Å². The summed E-state index contributed by atoms with van der Waals surface area (Å²) in [5.41, 5.74) is 0.719. The summed E-state index contributed by atoms with van der Waals surface area (Å²) in [7, 11) is -3.58. The summed E-state index contributed by atoms with van der Waals surface area (Å²) in [5, 5.41) is 0. The van der Waals surface area contributed by atoms with Crippen molar-refractivity contribution in [1.29, 1.82) is 0 Å². The van der Waals surface area contributed by atoms with Gasteiger partial charge in [0.1, 0.15) is 11.8 Å². The molecule has 0 atom stereocenters. The van der Waals surface area contributed by atoms with Crippen LogP contribution in [0.5, 0.6) is 5.88 Å². The predicted octanol–water partition coefficient (Wildman–Crippen LogP) is -0.309. The van der Waals surface area contributed by atoms with Gasteiger partial charge >= 0.3 is 10.1 Å². The van der Waals surface area contributed by atoms with Crippen molar-refractivity contribution >= 4 is 21.3 Å². The highest BCUT2D eigenvalue weighted by Gasteiger charge is 2.11. The van der Waals surface area contributed by atoms with Crippen molar-refractivity contribution in [2.75, 3.05) is 6.26 Å². The lowest BCUT2D eigenvalue weighted by molar-refractivity contribution is 0.485. The van der Waals surface area contributed by atoms with Gasteiger partial charge in [-0.2, -0.15) is 13.4 Å². The molecule has 74 valence electrons. The normalized spacial score (nSPS) is 11.8. The molecule has 0 saturated heterocycles. The van der Waals surface area contributed by atoms with Crippen molar-refractivity contribution in [3.05, 3.63) is 12.7 Å². The van der Waals surface area contributed by atoms with Gasteiger partial charge in [0.05, 0.1) is 12.6 Å². The molecule has 14 heavy (non-hydrogen) atoms. The van der Waals surface area contributed by atoms with Gasteiger partial charge in [0.2, 0.25) is 0 Å². The van der Waals surface area contributed by atoms with Crippen molar-refractivity contribution < 1.29 is 12.6 Å². The maximum Gasteiger partial charge on any atom is 0.307 e. The molecule has 1 N–H and O–H groups in total. The first kappa shape index (κ1) is 8.88. The predicted molar refractivity (Wildman–Crippen MR) is 47.2 cm³/mol. The number of fused-ring (bicyclic) bond motifs is 1. The van der Waals surface area contributed by atoms with Gasteiger partial charge in [0, 0.05) is 0 Å². The zero-order valence-corrected chi connectivity index (χ0v) is 7.95. The van der Waals surface area contributed by atoms with E-state index < -0.39 is 10.1 Å². The van der Waals surface area contributed by atoms with E-state index in [1.807, 2.05) is 0 Å². The van der Waals surface area contributed by atoms with Crippen LogP contribution in [0.4, 0.5) is 0 Å². The third-order valence-electron chi connectivity index (χ3n) is 1.42. The Kier molecular flexibility index (Phi) is 1.84. The molecular formula is C6H6N4O3S. The van der Waals surface area contributed by atoms with E-state index in [2.05, 4.69) is 24.1 Å². The number of imidazole rings is 1. The Morgan fingerprint density at radius 1 is 1.36 bits per heavy atom. The van der Waals surface area contributed by atoms with Crippen molar-refractivity contribution in [2.45, 2.75) is 0 Å². The molecule has 0 aliphatic rings. The Morgan fingerprint density at radius 3 is 2.86 bits per heavy atom. The van der Waals surface area contributed by atoms with E-state index in [0.717, 1.165) is 6.26 Å². The Hall–Kier alpha value is -1.70. The van der Waals surface area contributed by atoms with Crippen LogP contribution >= 0.6 is 0 Å². The zero-order valence-electron chi connectivity index (χ0n) is 7.13. The Bertz CT molecular complexity index is 561. The van der Waals surface area contributed by atoms with Gasteiger partial charge in [0.15, 0.2) is 5.65 Å². The van der Waals surface area contributed by atoms with Crippen molar-refractivity contribution in [2.24, 2.45) is 0 Å². The van der Waals surface area contributed by atoms with Crippen molar-refractivity contribution in [1.82, 2.24) is 19.9 Å². The number of nitrogens with one attached hydrogen (secondary N) is 1. The monoisotopic (exact) mass is 214 g/mol. The van der Waals surface area contributed by atoms with E-state index in [0.29, 0.717) is 11.2 Å². The summed E-state index contributed by atoms with van der Waals surface area (Å²) in [4.78, 5) is 14.0. The van der Waals surface area contributed by atoms with E-state index in [4.69, 9.17) is 0 Å². The third kappa shape index (κ3) is 1.64. The molecule has 0 fully saturated rings. The van der Waals surface area contributed by atoms with E-state index >= 15 is 0 Å². The van der Waals surface area contributed by atoms with Gasteiger partial charge in [-0.25, -0.2) is 9.97 Å². The van der Waals surface area contributed by atoms with Crippen LogP contribution in [-0.4, -0.2) is 34.6 Å². The standard InChI is InChI=1S/C6H6N4O3S/c1-14(11,12)13-6-4-5(8-2-7-4)9-3-10-6/h2-3H,1H3,(H,7,8,9,10). The number of hydrogen-bond donors (Lipinski definition) is 1. The van der Waals surface area contributed by atoms with Crippen molar-refractivity contribution in [3.8, 4) is 5.88 Å². The van der Waals surface area contributed by atoms with Gasteiger partial charge in [-0.05, 0) is 0 Å². The summed E-state index contributed by atoms with van der Waals surface area (Å²) >= 11 is 0. The molecule has 0 aromatic carbocycles. The number of hydrogen-bond acceptors (Lipinski definition) is 6. The summed E-state index contributed by atoms with van der Waals surface area (Å²) in [6.45, 7) is 0. The number of H-pyrrole nitrogens is 1. The molecule has 0 radical (unpaired) electrons. The molecule has 0 amide bonds. The highest BCUT2D eigenvalue weighted by atomic mass is 32.2. The Balaban J connectivity index is 2.57. The lowest BCUT2D eigenvalue weighted by Gasteiger charge is -2.00. The quantitative estimate of drug-likeness (QED) is 0.688. The molecule has 0 unspecified atom stereocenters. The molecule has 7 nitrogen and oxygen atoms in total. The number of nitrogens with zero attached hydrogens (tertiary/aromatic N) is 3. The summed E-state index contributed by atoms with van der Waals surface area (Å²) in [6.07, 6.45) is 3.51. The van der Waals surface area contributed by atoms with E-state index in [1.165, 1.54) is 12.7 Å². The number of rotatable bonds is 2. The van der Waals surface area contributed by atoms with Gasteiger partial charge in [-0.3, -0.25) is 0 Å². The molecule has 2 aromatic rings. The fraction of sp³-hybridized carbons (Fsp3) is 0.167. The van der Waals surface area contributed by atoms with Crippen LogP contribution < -0.4 is 4.18 Å². The van der Waals surface area contributed by atoms with Gasteiger partial charge in [-0.15, -0.1) is 0 Å². The average Bonchev–Trinajstić information content (AvgIpc) is 2.49. The van der Waals surface area contributed by atoms with Crippen LogP contribution in [0.1, 0.15) is 0 Å². The molecule has 8 heteroatoms. The lowest BCUT2D eigenvalue weighted by atomic mass is 10.5. The van der Waals surface area contributed by atoms with E-state index in [-0.39, 0.29) is 5.88 Å².